The standard InChI is InChI=1S/C20H17ClN2O4/c1-27-20(24)12-6-8-17-15(9-12)13-3-2-4-14(13)19(22-17)11-5-7-16(21)18(10-11)23(25)26/h2-3,5-10,13-14,19,22H,4H2,1H3/t13-,14+,19-/m1/s1. The van der Waals surface area contributed by atoms with Crippen LogP contribution >= 0.6 is 11.6 Å². The zero-order valence-electron chi connectivity index (χ0n) is 14.5. The minimum atomic E-state index is -0.463. The van der Waals surface area contributed by atoms with Gasteiger partial charge in [0, 0.05) is 17.7 Å². The topological polar surface area (TPSA) is 81.5 Å². The molecule has 0 unspecified atom stereocenters. The van der Waals surface area contributed by atoms with E-state index in [0.29, 0.717) is 5.56 Å². The number of hydrogen-bond donors (Lipinski definition) is 1. The minimum absolute atomic E-state index is 0.0857. The van der Waals surface area contributed by atoms with Gasteiger partial charge in [0.1, 0.15) is 5.02 Å². The van der Waals surface area contributed by atoms with Gasteiger partial charge < -0.3 is 10.1 Å². The molecule has 1 aliphatic heterocycles. The molecule has 3 atom stereocenters. The monoisotopic (exact) mass is 384 g/mol. The van der Waals surface area contributed by atoms with Crippen molar-refractivity contribution in [2.75, 3.05) is 12.4 Å². The Balaban J connectivity index is 1.76. The lowest BCUT2D eigenvalue weighted by molar-refractivity contribution is -0.384. The maximum absolute atomic E-state index is 11.9. The molecule has 138 valence electrons. The van der Waals surface area contributed by atoms with Gasteiger partial charge in [-0.05, 0) is 47.7 Å². The van der Waals surface area contributed by atoms with Gasteiger partial charge in [-0.3, -0.25) is 10.1 Å². The lowest BCUT2D eigenvalue weighted by Crippen LogP contribution is -2.29. The number of nitro groups is 1. The molecule has 0 saturated heterocycles. The molecule has 7 heteroatoms. The highest BCUT2D eigenvalue weighted by molar-refractivity contribution is 6.32. The molecule has 6 nitrogen and oxygen atoms in total. The Morgan fingerprint density at radius 1 is 1.30 bits per heavy atom. The molecule has 1 N–H and O–H groups in total. The van der Waals surface area contributed by atoms with Crippen LogP contribution in [0.25, 0.3) is 0 Å². The summed E-state index contributed by atoms with van der Waals surface area (Å²) in [6.45, 7) is 0. The lowest BCUT2D eigenvalue weighted by Gasteiger charge is -2.37. The summed E-state index contributed by atoms with van der Waals surface area (Å²) in [6, 6.07) is 10.3. The highest BCUT2D eigenvalue weighted by Gasteiger charge is 2.38. The molecular weight excluding hydrogens is 368 g/mol. The van der Waals surface area contributed by atoms with Crippen LogP contribution in [0.15, 0.2) is 48.6 Å². The van der Waals surface area contributed by atoms with Gasteiger partial charge in [0.25, 0.3) is 5.69 Å². The fraction of sp³-hybridized carbons (Fsp3) is 0.250. The Hall–Kier alpha value is -2.86. The van der Waals surface area contributed by atoms with E-state index in [1.807, 2.05) is 18.2 Å². The Morgan fingerprint density at radius 3 is 2.85 bits per heavy atom. The van der Waals surface area contributed by atoms with Gasteiger partial charge in [-0.1, -0.05) is 29.8 Å². The highest BCUT2D eigenvalue weighted by Crippen LogP contribution is 2.50. The summed E-state index contributed by atoms with van der Waals surface area (Å²) in [5.41, 5.74) is 3.20. The van der Waals surface area contributed by atoms with Gasteiger partial charge >= 0.3 is 5.97 Å². The SMILES string of the molecule is COC(=O)c1ccc2c(c1)[C@@H]1C=CC[C@@H]1[C@@H](c1ccc(Cl)c([N+](=O)[O-])c1)N2. The smallest absolute Gasteiger partial charge is 0.337 e. The molecule has 1 heterocycles. The minimum Gasteiger partial charge on any atom is -0.465 e. The summed E-state index contributed by atoms with van der Waals surface area (Å²) in [5.74, 6) is -0.0384. The Bertz CT molecular complexity index is 972. The molecule has 2 aromatic carbocycles. The third-order valence-electron chi connectivity index (χ3n) is 5.31. The van der Waals surface area contributed by atoms with E-state index in [1.165, 1.54) is 7.11 Å². The third kappa shape index (κ3) is 2.96. The van der Waals surface area contributed by atoms with Crippen LogP contribution in [0, 0.1) is 16.0 Å². The van der Waals surface area contributed by atoms with Gasteiger partial charge in [-0.25, -0.2) is 4.79 Å². The summed E-state index contributed by atoms with van der Waals surface area (Å²) in [4.78, 5) is 22.7. The molecule has 27 heavy (non-hydrogen) atoms. The lowest BCUT2D eigenvalue weighted by atomic mass is 9.76. The summed E-state index contributed by atoms with van der Waals surface area (Å²) >= 11 is 5.97. The number of fused-ring (bicyclic) bond motifs is 3. The number of halogens is 1. The van der Waals surface area contributed by atoms with Crippen LogP contribution in [-0.4, -0.2) is 18.0 Å². The van der Waals surface area contributed by atoms with Crippen molar-refractivity contribution in [3.05, 3.63) is 80.4 Å². The van der Waals surface area contributed by atoms with Crippen molar-refractivity contribution in [3.63, 3.8) is 0 Å². The number of nitrogens with one attached hydrogen (secondary N) is 1. The quantitative estimate of drug-likeness (QED) is 0.353. The van der Waals surface area contributed by atoms with E-state index < -0.39 is 4.92 Å². The Kier molecular flexibility index (Phi) is 4.36. The fourth-order valence-electron chi connectivity index (χ4n) is 4.03. The summed E-state index contributed by atoms with van der Waals surface area (Å²) in [7, 11) is 1.36. The molecule has 0 aromatic heterocycles. The van der Waals surface area contributed by atoms with Gasteiger partial charge in [-0.2, -0.15) is 0 Å². The molecule has 0 fully saturated rings. The first-order valence-corrected chi connectivity index (χ1v) is 8.96. The molecule has 0 bridgehead atoms. The first-order valence-electron chi connectivity index (χ1n) is 8.59. The number of ether oxygens (including phenoxy) is 1. The number of nitrogens with zero attached hydrogens (tertiary/aromatic N) is 1. The van der Waals surface area contributed by atoms with E-state index in [1.54, 1.807) is 18.2 Å². The van der Waals surface area contributed by atoms with Crippen molar-refractivity contribution >= 4 is 28.9 Å². The normalized spacial score (nSPS) is 22.5. The first-order chi connectivity index (χ1) is 13.0. The maximum atomic E-state index is 11.9. The second-order valence-corrected chi connectivity index (χ2v) is 7.14. The van der Waals surface area contributed by atoms with Crippen molar-refractivity contribution in [3.8, 4) is 0 Å². The van der Waals surface area contributed by atoms with Crippen LogP contribution < -0.4 is 5.32 Å². The number of anilines is 1. The highest BCUT2D eigenvalue weighted by atomic mass is 35.5. The van der Waals surface area contributed by atoms with Crippen LogP contribution in [-0.2, 0) is 4.74 Å². The second kappa shape index (κ2) is 6.70. The summed E-state index contributed by atoms with van der Waals surface area (Å²) < 4.78 is 4.82. The zero-order chi connectivity index (χ0) is 19.1. The average molecular weight is 385 g/mol. The van der Waals surface area contributed by atoms with Crippen LogP contribution in [0.4, 0.5) is 11.4 Å². The largest absolute Gasteiger partial charge is 0.465 e. The molecule has 2 aromatic rings. The second-order valence-electron chi connectivity index (χ2n) is 6.74. The predicted octanol–water partition coefficient (Wildman–Crippen LogP) is 4.86. The van der Waals surface area contributed by atoms with Crippen LogP contribution in [0.5, 0.6) is 0 Å². The molecule has 0 spiro atoms. The van der Waals surface area contributed by atoms with Crippen LogP contribution in [0.1, 0.15) is 39.9 Å². The number of esters is 1. The summed E-state index contributed by atoms with van der Waals surface area (Å²) in [6.07, 6.45) is 5.11. The van der Waals surface area contributed by atoms with E-state index in [4.69, 9.17) is 16.3 Å². The van der Waals surface area contributed by atoms with Gasteiger partial charge in [0.05, 0.1) is 23.6 Å². The van der Waals surface area contributed by atoms with E-state index in [9.17, 15) is 14.9 Å². The molecular formula is C20H17ClN2O4. The van der Waals surface area contributed by atoms with E-state index in [0.717, 1.165) is 23.2 Å². The van der Waals surface area contributed by atoms with Gasteiger partial charge in [0.2, 0.25) is 0 Å². The van der Waals surface area contributed by atoms with Crippen molar-refractivity contribution in [2.45, 2.75) is 18.4 Å². The fourth-order valence-corrected chi connectivity index (χ4v) is 4.22. The van der Waals surface area contributed by atoms with Gasteiger partial charge in [-0.15, -0.1) is 0 Å². The number of hydrogen-bond acceptors (Lipinski definition) is 5. The van der Waals surface area contributed by atoms with Crippen LogP contribution in [0.2, 0.25) is 5.02 Å². The predicted molar refractivity (Wildman–Crippen MR) is 102 cm³/mol. The molecule has 2 aliphatic rings. The summed E-state index contributed by atoms with van der Waals surface area (Å²) in [5, 5.41) is 14.9. The van der Waals surface area contributed by atoms with Gasteiger partial charge in [0.15, 0.2) is 0 Å². The van der Waals surface area contributed by atoms with Crippen molar-refractivity contribution in [1.29, 1.82) is 0 Å². The van der Waals surface area contributed by atoms with E-state index in [-0.39, 0.29) is 34.6 Å². The first kappa shape index (κ1) is 17.5. The van der Waals surface area contributed by atoms with Crippen LogP contribution in [0.3, 0.4) is 0 Å². The average Bonchev–Trinajstić information content (AvgIpc) is 3.16. The number of nitro benzene ring substituents is 1. The van der Waals surface area contributed by atoms with E-state index >= 15 is 0 Å². The maximum Gasteiger partial charge on any atom is 0.337 e. The van der Waals surface area contributed by atoms with Crippen molar-refractivity contribution in [2.24, 2.45) is 5.92 Å². The van der Waals surface area contributed by atoms with Crippen molar-refractivity contribution in [1.82, 2.24) is 0 Å². The Morgan fingerprint density at radius 2 is 2.11 bits per heavy atom. The number of carbonyl (C=O) groups is 1. The number of allylic oxidation sites excluding steroid dienone is 2. The number of methoxy groups -OCH3 is 1. The molecule has 0 radical (unpaired) electrons. The third-order valence-corrected chi connectivity index (χ3v) is 5.63. The number of rotatable bonds is 3. The number of benzene rings is 2. The number of carbonyl (C=O) groups excluding carboxylic acids is 1. The van der Waals surface area contributed by atoms with Crippen molar-refractivity contribution < 1.29 is 14.5 Å². The molecule has 0 amide bonds. The Labute approximate surface area is 160 Å². The zero-order valence-corrected chi connectivity index (χ0v) is 15.3. The van der Waals surface area contributed by atoms with E-state index in [2.05, 4.69) is 17.5 Å². The molecule has 1 aliphatic carbocycles. The molecule has 4 rings (SSSR count). The molecule has 0 saturated carbocycles.